The molecule has 0 aliphatic rings. The summed E-state index contributed by atoms with van der Waals surface area (Å²) in [6.07, 6.45) is 0. The quantitative estimate of drug-likeness (QED) is 0.427. The molecule has 0 saturated carbocycles. The molecule has 0 saturated heterocycles. The molecule has 0 heterocycles. The molecule has 1 amide bonds. The van der Waals surface area contributed by atoms with Crippen molar-refractivity contribution in [1.82, 2.24) is 0 Å². The van der Waals surface area contributed by atoms with Crippen LogP contribution in [0.1, 0.15) is 22.8 Å². The van der Waals surface area contributed by atoms with Gasteiger partial charge in [-0.1, -0.05) is 19.1 Å². The maximum Gasteiger partial charge on any atom is 0.339 e. The van der Waals surface area contributed by atoms with Crippen molar-refractivity contribution in [1.29, 1.82) is 5.26 Å². The highest BCUT2D eigenvalue weighted by atomic mass is 32.2. The van der Waals surface area contributed by atoms with Gasteiger partial charge in [0, 0.05) is 17.9 Å². The van der Waals surface area contributed by atoms with E-state index >= 15 is 0 Å². The molecule has 10 heteroatoms. The number of hydrogen-bond donors (Lipinski definition) is 1. The van der Waals surface area contributed by atoms with Crippen LogP contribution in [-0.4, -0.2) is 33.4 Å². The maximum atomic E-state index is 12.2. The van der Waals surface area contributed by atoms with Gasteiger partial charge in [0.15, 0.2) is 6.61 Å². The second kappa shape index (κ2) is 9.38. The summed E-state index contributed by atoms with van der Waals surface area (Å²) in [6, 6.07) is 11.4. The zero-order chi connectivity index (χ0) is 20.7. The normalized spacial score (nSPS) is 11.1. The van der Waals surface area contributed by atoms with Gasteiger partial charge >= 0.3 is 5.97 Å². The van der Waals surface area contributed by atoms with Gasteiger partial charge in [0.05, 0.1) is 37.4 Å². The molecular formula is C18H15N3O6S. The van der Waals surface area contributed by atoms with Crippen molar-refractivity contribution >= 4 is 34.1 Å². The largest absolute Gasteiger partial charge is 0.452 e. The van der Waals surface area contributed by atoms with Crippen molar-refractivity contribution in [2.45, 2.75) is 11.8 Å². The van der Waals surface area contributed by atoms with Crippen LogP contribution in [0.2, 0.25) is 0 Å². The molecule has 28 heavy (non-hydrogen) atoms. The van der Waals surface area contributed by atoms with Crippen LogP contribution in [0.15, 0.2) is 47.4 Å². The average molecular weight is 401 g/mol. The first kappa shape index (κ1) is 20.7. The number of anilines is 1. The highest BCUT2D eigenvalue weighted by Gasteiger charge is 2.18. The molecule has 9 nitrogen and oxygen atoms in total. The number of hydrogen-bond acceptors (Lipinski definition) is 7. The third kappa shape index (κ3) is 4.99. The van der Waals surface area contributed by atoms with Crippen LogP contribution in [0.3, 0.4) is 0 Å². The van der Waals surface area contributed by atoms with E-state index in [1.165, 1.54) is 12.1 Å². The van der Waals surface area contributed by atoms with E-state index in [0.717, 1.165) is 12.1 Å². The minimum Gasteiger partial charge on any atom is -0.452 e. The summed E-state index contributed by atoms with van der Waals surface area (Å²) in [5.41, 5.74) is -0.232. The monoisotopic (exact) mass is 401 g/mol. The first-order chi connectivity index (χ1) is 13.4. The van der Waals surface area contributed by atoms with E-state index in [1.807, 2.05) is 0 Å². The van der Waals surface area contributed by atoms with Crippen molar-refractivity contribution in [2.75, 3.05) is 17.7 Å². The highest BCUT2D eigenvalue weighted by molar-refractivity contribution is 7.85. The lowest BCUT2D eigenvalue weighted by Gasteiger charge is -2.10. The van der Waals surface area contributed by atoms with E-state index in [0.29, 0.717) is 10.6 Å². The molecule has 2 aromatic rings. The molecule has 0 aliphatic heterocycles. The first-order valence-corrected chi connectivity index (χ1v) is 9.32. The second-order valence-corrected chi connectivity index (χ2v) is 7.06. The lowest BCUT2D eigenvalue weighted by molar-refractivity contribution is -0.384. The van der Waals surface area contributed by atoms with E-state index in [-0.39, 0.29) is 22.5 Å². The number of nitrogens with zero attached hydrogens (tertiary/aromatic N) is 2. The molecular weight excluding hydrogens is 386 g/mol. The predicted molar refractivity (Wildman–Crippen MR) is 100 cm³/mol. The standard InChI is InChI=1S/C18H15N3O6S/c1-2-28(26)16-6-4-3-5-14(16)18(23)27-11-17(22)20-15-8-7-13(21(24)25)9-12(15)10-19/h3-9H,2,11H2,1H3,(H,20,22)/t28-/m0/s1. The zero-order valence-electron chi connectivity index (χ0n) is 14.7. The Bertz CT molecular complexity index is 999. The molecule has 0 aliphatic carbocycles. The first-order valence-electron chi connectivity index (χ1n) is 8.00. The number of benzene rings is 2. The minimum atomic E-state index is -1.37. The number of nitriles is 1. The lowest BCUT2D eigenvalue weighted by atomic mass is 10.1. The second-order valence-electron chi connectivity index (χ2n) is 5.35. The Morgan fingerprint density at radius 2 is 2.00 bits per heavy atom. The molecule has 0 radical (unpaired) electrons. The molecule has 0 aromatic heterocycles. The van der Waals surface area contributed by atoms with Crippen molar-refractivity contribution in [2.24, 2.45) is 0 Å². The fourth-order valence-electron chi connectivity index (χ4n) is 2.23. The van der Waals surface area contributed by atoms with Crippen molar-refractivity contribution < 1.29 is 23.5 Å². The number of ether oxygens (including phenoxy) is 1. The number of nitrogens with one attached hydrogen (secondary N) is 1. The van der Waals surface area contributed by atoms with E-state index in [2.05, 4.69) is 5.32 Å². The summed E-state index contributed by atoms with van der Waals surface area (Å²) in [4.78, 5) is 34.6. The third-order valence-corrected chi connectivity index (χ3v) is 4.93. The van der Waals surface area contributed by atoms with Gasteiger partial charge in [-0.05, 0) is 18.2 Å². The summed E-state index contributed by atoms with van der Waals surface area (Å²) < 4.78 is 17.0. The Kier molecular flexibility index (Phi) is 6.95. The summed E-state index contributed by atoms with van der Waals surface area (Å²) in [7, 11) is -1.37. The van der Waals surface area contributed by atoms with Crippen LogP contribution >= 0.6 is 0 Å². The van der Waals surface area contributed by atoms with Crippen LogP contribution in [0.5, 0.6) is 0 Å². The number of non-ortho nitro benzene ring substituents is 1. The van der Waals surface area contributed by atoms with Crippen molar-refractivity contribution in [3.63, 3.8) is 0 Å². The fourth-order valence-corrected chi connectivity index (χ4v) is 3.17. The van der Waals surface area contributed by atoms with Crippen LogP contribution in [-0.2, 0) is 20.3 Å². The molecule has 2 aromatic carbocycles. The molecule has 144 valence electrons. The molecule has 0 spiro atoms. The van der Waals surface area contributed by atoms with Gasteiger partial charge in [-0.2, -0.15) is 5.26 Å². The van der Waals surface area contributed by atoms with Gasteiger partial charge in [-0.15, -0.1) is 0 Å². The molecule has 1 N–H and O–H groups in total. The molecule has 0 unspecified atom stereocenters. The summed E-state index contributed by atoms with van der Waals surface area (Å²) >= 11 is 0. The molecule has 0 bridgehead atoms. The van der Waals surface area contributed by atoms with Crippen molar-refractivity contribution in [3.05, 3.63) is 63.7 Å². The number of carbonyl (C=O) groups excluding carboxylic acids is 2. The Labute approximate surface area is 162 Å². The van der Waals surface area contributed by atoms with Crippen LogP contribution < -0.4 is 5.32 Å². The van der Waals surface area contributed by atoms with Crippen LogP contribution in [0, 0.1) is 21.4 Å². The average Bonchev–Trinajstić information content (AvgIpc) is 2.71. The lowest BCUT2D eigenvalue weighted by Crippen LogP contribution is -2.22. The van der Waals surface area contributed by atoms with E-state index in [4.69, 9.17) is 10.00 Å². The molecule has 0 fully saturated rings. The third-order valence-electron chi connectivity index (χ3n) is 3.56. The van der Waals surface area contributed by atoms with Gasteiger partial charge < -0.3 is 10.1 Å². The van der Waals surface area contributed by atoms with Crippen LogP contribution in [0.4, 0.5) is 11.4 Å². The zero-order valence-corrected chi connectivity index (χ0v) is 15.5. The summed E-state index contributed by atoms with van der Waals surface area (Å²) in [6.45, 7) is 1.07. The van der Waals surface area contributed by atoms with Gasteiger partial charge in [0.2, 0.25) is 0 Å². The van der Waals surface area contributed by atoms with E-state index < -0.39 is 34.2 Å². The van der Waals surface area contributed by atoms with E-state index in [1.54, 1.807) is 31.2 Å². The van der Waals surface area contributed by atoms with Gasteiger partial charge in [-0.3, -0.25) is 19.1 Å². The number of amides is 1. The molecule has 2 rings (SSSR count). The predicted octanol–water partition coefficient (Wildman–Crippen LogP) is 2.39. The fraction of sp³-hybridized carbons (Fsp3) is 0.167. The van der Waals surface area contributed by atoms with Gasteiger partial charge in [-0.25, -0.2) is 4.79 Å². The van der Waals surface area contributed by atoms with Gasteiger partial charge in [0.1, 0.15) is 6.07 Å². The Balaban J connectivity index is 2.06. The minimum absolute atomic E-state index is 0.0571. The summed E-state index contributed by atoms with van der Waals surface area (Å²) in [5.74, 6) is -1.22. The Hall–Kier alpha value is -3.58. The Morgan fingerprint density at radius 3 is 2.64 bits per heavy atom. The SMILES string of the molecule is CC[S@](=O)c1ccccc1C(=O)OCC(=O)Nc1ccc([N+](=O)[O-])cc1C#N. The number of esters is 1. The van der Waals surface area contributed by atoms with Crippen LogP contribution in [0.25, 0.3) is 0 Å². The number of rotatable bonds is 7. The number of nitro benzene ring substituents is 1. The molecule has 1 atom stereocenters. The van der Waals surface area contributed by atoms with E-state index in [9.17, 15) is 23.9 Å². The smallest absolute Gasteiger partial charge is 0.339 e. The van der Waals surface area contributed by atoms with Gasteiger partial charge in [0.25, 0.3) is 11.6 Å². The highest BCUT2D eigenvalue weighted by Crippen LogP contribution is 2.21. The topological polar surface area (TPSA) is 139 Å². The maximum absolute atomic E-state index is 12.2. The summed E-state index contributed by atoms with van der Waals surface area (Å²) in [5, 5.41) is 22.2. The van der Waals surface area contributed by atoms with Crippen molar-refractivity contribution in [3.8, 4) is 6.07 Å². The number of nitro groups is 1. The number of carbonyl (C=O) groups is 2. The Morgan fingerprint density at radius 1 is 1.29 bits per heavy atom.